The van der Waals surface area contributed by atoms with Crippen LogP contribution in [0.15, 0.2) is 10.6 Å². The molecule has 1 aromatic heterocycles. The van der Waals surface area contributed by atoms with Gasteiger partial charge >= 0.3 is 0 Å². The lowest BCUT2D eigenvalue weighted by atomic mass is 10.5. The molecule has 5 heteroatoms. The number of rotatable bonds is 4. The highest BCUT2D eigenvalue weighted by Crippen LogP contribution is 2.00. The topological polar surface area (TPSA) is 50.1 Å². The minimum absolute atomic E-state index is 0.531. The smallest absolute Gasteiger partial charge is 0.213 e. The van der Waals surface area contributed by atoms with E-state index in [0.717, 1.165) is 18.7 Å². The summed E-state index contributed by atoms with van der Waals surface area (Å²) in [4.78, 5) is 4.05. The Labute approximate surface area is 89.1 Å². The van der Waals surface area contributed by atoms with Crippen LogP contribution in [0.5, 0.6) is 0 Å². The maximum absolute atomic E-state index is 5.28. The van der Waals surface area contributed by atoms with Crippen molar-refractivity contribution in [2.75, 3.05) is 6.54 Å². The van der Waals surface area contributed by atoms with Crippen LogP contribution >= 0.6 is 12.2 Å². The Bertz CT molecular complexity index is 298. The van der Waals surface area contributed by atoms with Gasteiger partial charge in [-0.1, -0.05) is 6.92 Å². The molecule has 14 heavy (non-hydrogen) atoms. The molecule has 78 valence electrons. The monoisotopic (exact) mass is 213 g/mol. The van der Waals surface area contributed by atoms with Gasteiger partial charge in [0.25, 0.3) is 0 Å². The molecule has 4 nitrogen and oxygen atoms in total. The molecule has 0 aliphatic heterocycles. The van der Waals surface area contributed by atoms with Crippen LogP contribution in [0.25, 0.3) is 0 Å². The van der Waals surface area contributed by atoms with Crippen molar-refractivity contribution in [2.24, 2.45) is 0 Å². The molecule has 0 amide bonds. The second-order valence-electron chi connectivity index (χ2n) is 2.97. The molecular formula is C9H15N3OS. The summed E-state index contributed by atoms with van der Waals surface area (Å²) in [5.41, 5.74) is 0. The van der Waals surface area contributed by atoms with Crippen LogP contribution < -0.4 is 10.6 Å². The second kappa shape index (κ2) is 5.59. The molecule has 0 unspecified atom stereocenters. The van der Waals surface area contributed by atoms with Gasteiger partial charge in [-0.25, -0.2) is 4.98 Å². The van der Waals surface area contributed by atoms with E-state index < -0.39 is 0 Å². The van der Waals surface area contributed by atoms with Crippen molar-refractivity contribution in [3.05, 3.63) is 17.8 Å². The van der Waals surface area contributed by atoms with E-state index in [-0.39, 0.29) is 0 Å². The highest BCUT2D eigenvalue weighted by atomic mass is 32.1. The van der Waals surface area contributed by atoms with Crippen LogP contribution in [0.4, 0.5) is 0 Å². The average molecular weight is 213 g/mol. The molecule has 0 aromatic carbocycles. The highest BCUT2D eigenvalue weighted by molar-refractivity contribution is 7.80. The summed E-state index contributed by atoms with van der Waals surface area (Å²) in [6.07, 6.45) is 2.75. The highest BCUT2D eigenvalue weighted by Gasteiger charge is 2.00. The summed E-state index contributed by atoms with van der Waals surface area (Å²) in [6, 6.07) is 0. The summed E-state index contributed by atoms with van der Waals surface area (Å²) >= 11 is 5.03. The van der Waals surface area contributed by atoms with Crippen molar-refractivity contribution in [2.45, 2.75) is 26.8 Å². The standard InChI is InChI=1S/C9H15N3OS/c1-3-4-10-9(14)12-6-8-11-5-7(2)13-8/h5H,3-4,6H2,1-2H3,(H2,10,12,14). The van der Waals surface area contributed by atoms with Crippen molar-refractivity contribution < 1.29 is 4.42 Å². The third kappa shape index (κ3) is 3.74. The zero-order valence-electron chi connectivity index (χ0n) is 8.46. The molecule has 1 aromatic rings. The molecule has 1 rings (SSSR count). The van der Waals surface area contributed by atoms with Crippen LogP contribution in [0.3, 0.4) is 0 Å². The number of thiocarbonyl (C=S) groups is 1. The maximum Gasteiger partial charge on any atom is 0.213 e. The number of hydrogen-bond donors (Lipinski definition) is 2. The minimum Gasteiger partial charge on any atom is -0.444 e. The lowest BCUT2D eigenvalue weighted by Crippen LogP contribution is -2.35. The van der Waals surface area contributed by atoms with Crippen LogP contribution in [0.1, 0.15) is 25.0 Å². The van der Waals surface area contributed by atoms with E-state index in [2.05, 4.69) is 22.5 Å². The average Bonchev–Trinajstić information content (AvgIpc) is 2.58. The Morgan fingerprint density at radius 1 is 1.57 bits per heavy atom. The molecule has 0 bridgehead atoms. The van der Waals surface area contributed by atoms with Gasteiger partial charge < -0.3 is 15.1 Å². The van der Waals surface area contributed by atoms with E-state index in [1.807, 2.05) is 6.92 Å². The lowest BCUT2D eigenvalue weighted by Gasteiger charge is -2.06. The SMILES string of the molecule is CCCNC(=S)NCc1ncc(C)o1. The molecule has 0 aliphatic rings. The van der Waals surface area contributed by atoms with Crippen LogP contribution in [0, 0.1) is 6.92 Å². The first-order chi connectivity index (χ1) is 6.72. The van der Waals surface area contributed by atoms with E-state index in [0.29, 0.717) is 17.5 Å². The quantitative estimate of drug-likeness (QED) is 0.740. The molecule has 0 fully saturated rings. The fraction of sp³-hybridized carbons (Fsp3) is 0.556. The van der Waals surface area contributed by atoms with Gasteiger partial charge in [-0.05, 0) is 25.6 Å². The molecule has 0 saturated heterocycles. The van der Waals surface area contributed by atoms with Gasteiger partial charge in [0.15, 0.2) is 5.11 Å². The Morgan fingerprint density at radius 3 is 2.93 bits per heavy atom. The number of nitrogens with zero attached hydrogens (tertiary/aromatic N) is 1. The fourth-order valence-corrected chi connectivity index (χ4v) is 1.11. The molecule has 2 N–H and O–H groups in total. The summed E-state index contributed by atoms with van der Waals surface area (Å²) in [7, 11) is 0. The van der Waals surface area contributed by atoms with E-state index in [1.165, 1.54) is 0 Å². The Morgan fingerprint density at radius 2 is 2.36 bits per heavy atom. The minimum atomic E-state index is 0.531. The third-order valence-corrected chi connectivity index (χ3v) is 1.89. The van der Waals surface area contributed by atoms with Crippen molar-refractivity contribution in [1.29, 1.82) is 0 Å². The van der Waals surface area contributed by atoms with Gasteiger partial charge in [0.1, 0.15) is 5.76 Å². The molecule has 0 saturated carbocycles. The van der Waals surface area contributed by atoms with Gasteiger partial charge in [0.2, 0.25) is 5.89 Å². The summed E-state index contributed by atoms with van der Waals surface area (Å²) < 4.78 is 5.28. The van der Waals surface area contributed by atoms with E-state index >= 15 is 0 Å². The van der Waals surface area contributed by atoms with Gasteiger partial charge in [-0.2, -0.15) is 0 Å². The molecule has 0 spiro atoms. The first-order valence-corrected chi connectivity index (χ1v) is 5.06. The number of aromatic nitrogens is 1. The molecule has 0 atom stereocenters. The van der Waals surface area contributed by atoms with E-state index in [4.69, 9.17) is 16.6 Å². The van der Waals surface area contributed by atoms with Gasteiger partial charge in [0.05, 0.1) is 12.7 Å². The Hall–Kier alpha value is -1.10. The van der Waals surface area contributed by atoms with Crippen molar-refractivity contribution in [3.63, 3.8) is 0 Å². The lowest BCUT2D eigenvalue weighted by molar-refractivity contribution is 0.465. The zero-order valence-corrected chi connectivity index (χ0v) is 9.28. The largest absolute Gasteiger partial charge is 0.444 e. The van der Waals surface area contributed by atoms with Crippen LogP contribution in [0.2, 0.25) is 0 Å². The molecule has 1 heterocycles. The maximum atomic E-state index is 5.28. The first-order valence-electron chi connectivity index (χ1n) is 4.65. The van der Waals surface area contributed by atoms with Crippen LogP contribution in [-0.4, -0.2) is 16.6 Å². The number of aryl methyl sites for hydroxylation is 1. The summed E-state index contributed by atoms with van der Waals surface area (Å²) in [6.45, 7) is 5.37. The van der Waals surface area contributed by atoms with Crippen molar-refractivity contribution in [1.82, 2.24) is 15.6 Å². The van der Waals surface area contributed by atoms with E-state index in [1.54, 1.807) is 6.20 Å². The fourth-order valence-electron chi connectivity index (χ4n) is 0.940. The molecule has 0 radical (unpaired) electrons. The van der Waals surface area contributed by atoms with Gasteiger partial charge in [-0.15, -0.1) is 0 Å². The Balaban J connectivity index is 2.23. The normalized spacial score (nSPS) is 9.86. The predicted octanol–water partition coefficient (Wildman–Crippen LogP) is 1.36. The van der Waals surface area contributed by atoms with Gasteiger partial charge in [-0.3, -0.25) is 0 Å². The number of hydrogen-bond acceptors (Lipinski definition) is 3. The van der Waals surface area contributed by atoms with Gasteiger partial charge in [0, 0.05) is 6.54 Å². The van der Waals surface area contributed by atoms with Crippen molar-refractivity contribution in [3.8, 4) is 0 Å². The summed E-state index contributed by atoms with van der Waals surface area (Å²) in [5, 5.41) is 6.71. The second-order valence-corrected chi connectivity index (χ2v) is 3.38. The van der Waals surface area contributed by atoms with Crippen LogP contribution in [-0.2, 0) is 6.54 Å². The van der Waals surface area contributed by atoms with Crippen molar-refractivity contribution >= 4 is 17.3 Å². The predicted molar refractivity (Wildman–Crippen MR) is 59.0 cm³/mol. The summed E-state index contributed by atoms with van der Waals surface area (Å²) in [5.74, 6) is 1.47. The first kappa shape index (κ1) is 11.0. The Kier molecular flexibility index (Phi) is 4.39. The number of nitrogens with one attached hydrogen (secondary N) is 2. The number of oxazole rings is 1. The zero-order chi connectivity index (χ0) is 10.4. The molecular weight excluding hydrogens is 198 g/mol. The van der Waals surface area contributed by atoms with E-state index in [9.17, 15) is 0 Å². The molecule has 0 aliphatic carbocycles. The third-order valence-electron chi connectivity index (χ3n) is 1.60.